The molecule has 5 heteroatoms. The molecular formula is C19H22N2O3. The number of nitrogens with zero attached hydrogens (tertiary/aromatic N) is 2. The molecule has 126 valence electrons. The summed E-state index contributed by atoms with van der Waals surface area (Å²) >= 11 is 0. The van der Waals surface area contributed by atoms with Crippen molar-refractivity contribution in [1.29, 1.82) is 0 Å². The van der Waals surface area contributed by atoms with Gasteiger partial charge in [-0.3, -0.25) is 4.79 Å². The lowest BCUT2D eigenvalue weighted by Crippen LogP contribution is -2.50. The van der Waals surface area contributed by atoms with Gasteiger partial charge in [0.1, 0.15) is 11.5 Å². The maximum absolute atomic E-state index is 12.3. The molecule has 2 aromatic rings. The summed E-state index contributed by atoms with van der Waals surface area (Å²) in [5.41, 5.74) is 1.13. The number of piperazine rings is 1. The zero-order valence-corrected chi connectivity index (χ0v) is 13.9. The molecule has 1 aliphatic rings. The van der Waals surface area contributed by atoms with Gasteiger partial charge in [0.25, 0.3) is 5.91 Å². The highest BCUT2D eigenvalue weighted by Crippen LogP contribution is 2.22. The van der Waals surface area contributed by atoms with Gasteiger partial charge in [-0.1, -0.05) is 24.3 Å². The maximum atomic E-state index is 12.3. The highest BCUT2D eigenvalue weighted by molar-refractivity contribution is 5.78. The second kappa shape index (κ2) is 7.73. The van der Waals surface area contributed by atoms with Crippen LogP contribution in [0.3, 0.4) is 0 Å². The van der Waals surface area contributed by atoms with Crippen LogP contribution in [-0.4, -0.2) is 50.7 Å². The van der Waals surface area contributed by atoms with E-state index in [1.165, 1.54) is 0 Å². The molecular weight excluding hydrogens is 304 g/mol. The number of ether oxygens (including phenoxy) is 2. The Bertz CT molecular complexity index is 667. The van der Waals surface area contributed by atoms with Gasteiger partial charge in [0.2, 0.25) is 0 Å². The van der Waals surface area contributed by atoms with Gasteiger partial charge in [-0.2, -0.15) is 0 Å². The summed E-state index contributed by atoms with van der Waals surface area (Å²) in [5.74, 6) is 1.60. The molecule has 0 unspecified atom stereocenters. The third kappa shape index (κ3) is 3.98. The van der Waals surface area contributed by atoms with Crippen LogP contribution in [0.2, 0.25) is 0 Å². The molecule has 24 heavy (non-hydrogen) atoms. The summed E-state index contributed by atoms with van der Waals surface area (Å²) in [6.07, 6.45) is 0. The Morgan fingerprint density at radius 3 is 2.38 bits per heavy atom. The highest BCUT2D eigenvalue weighted by atomic mass is 16.5. The number of hydrogen-bond donors (Lipinski definition) is 0. The zero-order chi connectivity index (χ0) is 16.8. The molecule has 0 spiro atoms. The molecule has 0 radical (unpaired) electrons. The van der Waals surface area contributed by atoms with E-state index in [9.17, 15) is 4.79 Å². The standard InChI is InChI=1S/C19H22N2O3/c1-23-18-9-5-6-16(14-18)20-10-12-21(13-11-20)19(22)15-24-17-7-3-2-4-8-17/h2-9,14H,10-13,15H2,1H3. The van der Waals surface area contributed by atoms with Crippen molar-refractivity contribution in [1.82, 2.24) is 4.90 Å². The van der Waals surface area contributed by atoms with Crippen molar-refractivity contribution in [3.8, 4) is 11.5 Å². The van der Waals surface area contributed by atoms with Crippen LogP contribution in [0, 0.1) is 0 Å². The van der Waals surface area contributed by atoms with E-state index in [1.54, 1.807) is 7.11 Å². The number of para-hydroxylation sites is 1. The van der Waals surface area contributed by atoms with E-state index in [4.69, 9.17) is 9.47 Å². The number of methoxy groups -OCH3 is 1. The predicted octanol–water partition coefficient (Wildman–Crippen LogP) is 2.42. The minimum atomic E-state index is 0.0316. The molecule has 1 saturated heterocycles. The molecule has 5 nitrogen and oxygen atoms in total. The lowest BCUT2D eigenvalue weighted by Gasteiger charge is -2.36. The van der Waals surface area contributed by atoms with Gasteiger partial charge < -0.3 is 19.3 Å². The normalized spacial score (nSPS) is 14.4. The Kier molecular flexibility index (Phi) is 5.21. The van der Waals surface area contributed by atoms with Crippen molar-refractivity contribution in [3.05, 3.63) is 54.6 Å². The number of amides is 1. The topological polar surface area (TPSA) is 42.0 Å². The smallest absolute Gasteiger partial charge is 0.260 e. The molecule has 1 amide bonds. The average Bonchev–Trinajstić information content (AvgIpc) is 2.67. The van der Waals surface area contributed by atoms with E-state index in [1.807, 2.05) is 53.4 Å². The molecule has 0 aromatic heterocycles. The first-order valence-corrected chi connectivity index (χ1v) is 8.11. The van der Waals surface area contributed by atoms with Crippen LogP contribution in [-0.2, 0) is 4.79 Å². The van der Waals surface area contributed by atoms with Gasteiger partial charge in [0, 0.05) is 37.9 Å². The fourth-order valence-corrected chi connectivity index (χ4v) is 2.77. The largest absolute Gasteiger partial charge is 0.497 e. The van der Waals surface area contributed by atoms with Gasteiger partial charge in [0.15, 0.2) is 6.61 Å². The zero-order valence-electron chi connectivity index (χ0n) is 13.9. The van der Waals surface area contributed by atoms with E-state index in [2.05, 4.69) is 11.0 Å². The third-order valence-electron chi connectivity index (χ3n) is 4.16. The summed E-state index contributed by atoms with van der Waals surface area (Å²) < 4.78 is 10.8. The molecule has 3 rings (SSSR count). The molecule has 2 aromatic carbocycles. The van der Waals surface area contributed by atoms with Gasteiger partial charge in [0.05, 0.1) is 7.11 Å². The summed E-state index contributed by atoms with van der Waals surface area (Å²) in [7, 11) is 1.67. The quantitative estimate of drug-likeness (QED) is 0.846. The fourth-order valence-electron chi connectivity index (χ4n) is 2.77. The number of benzene rings is 2. The monoisotopic (exact) mass is 326 g/mol. The molecule has 1 heterocycles. The van der Waals surface area contributed by atoms with Crippen molar-refractivity contribution in [2.24, 2.45) is 0 Å². The lowest BCUT2D eigenvalue weighted by atomic mass is 10.2. The molecule has 1 aliphatic heterocycles. The Morgan fingerprint density at radius 1 is 0.958 bits per heavy atom. The van der Waals surface area contributed by atoms with Crippen LogP contribution < -0.4 is 14.4 Å². The van der Waals surface area contributed by atoms with Crippen LogP contribution in [0.25, 0.3) is 0 Å². The van der Waals surface area contributed by atoms with E-state index in [0.717, 1.165) is 30.3 Å². The van der Waals surface area contributed by atoms with Gasteiger partial charge in [-0.25, -0.2) is 0 Å². The number of rotatable bonds is 5. The highest BCUT2D eigenvalue weighted by Gasteiger charge is 2.21. The molecule has 0 atom stereocenters. The van der Waals surface area contributed by atoms with Crippen LogP contribution >= 0.6 is 0 Å². The molecule has 1 fully saturated rings. The van der Waals surface area contributed by atoms with Gasteiger partial charge >= 0.3 is 0 Å². The molecule has 0 N–H and O–H groups in total. The minimum Gasteiger partial charge on any atom is -0.497 e. The Balaban J connectivity index is 1.50. The van der Waals surface area contributed by atoms with Crippen molar-refractivity contribution >= 4 is 11.6 Å². The number of anilines is 1. The average molecular weight is 326 g/mol. The van der Waals surface area contributed by atoms with E-state index < -0.39 is 0 Å². The van der Waals surface area contributed by atoms with E-state index in [-0.39, 0.29) is 12.5 Å². The van der Waals surface area contributed by atoms with E-state index >= 15 is 0 Å². The number of carbonyl (C=O) groups is 1. The Hall–Kier alpha value is -2.69. The summed E-state index contributed by atoms with van der Waals surface area (Å²) in [4.78, 5) is 16.4. The van der Waals surface area contributed by atoms with Crippen molar-refractivity contribution in [2.75, 3.05) is 44.8 Å². The first kappa shape index (κ1) is 16.2. The second-order valence-corrected chi connectivity index (χ2v) is 5.67. The van der Waals surface area contributed by atoms with Gasteiger partial charge in [-0.05, 0) is 24.3 Å². The number of carbonyl (C=O) groups excluding carboxylic acids is 1. The molecule has 0 saturated carbocycles. The fraction of sp³-hybridized carbons (Fsp3) is 0.316. The van der Waals surface area contributed by atoms with Crippen molar-refractivity contribution in [3.63, 3.8) is 0 Å². The number of hydrogen-bond acceptors (Lipinski definition) is 4. The second-order valence-electron chi connectivity index (χ2n) is 5.67. The summed E-state index contributed by atoms with van der Waals surface area (Å²) in [6, 6.07) is 17.4. The summed E-state index contributed by atoms with van der Waals surface area (Å²) in [5, 5.41) is 0. The minimum absolute atomic E-state index is 0.0316. The first-order chi connectivity index (χ1) is 11.8. The third-order valence-corrected chi connectivity index (χ3v) is 4.16. The predicted molar refractivity (Wildman–Crippen MR) is 93.7 cm³/mol. The van der Waals surface area contributed by atoms with Crippen LogP contribution in [0.5, 0.6) is 11.5 Å². The SMILES string of the molecule is COc1cccc(N2CCN(C(=O)COc3ccccc3)CC2)c1. The van der Waals surface area contributed by atoms with Crippen molar-refractivity contribution in [2.45, 2.75) is 0 Å². The van der Waals surface area contributed by atoms with Gasteiger partial charge in [-0.15, -0.1) is 0 Å². The maximum Gasteiger partial charge on any atom is 0.260 e. The Morgan fingerprint density at radius 2 is 1.67 bits per heavy atom. The van der Waals surface area contributed by atoms with Crippen LogP contribution in [0.1, 0.15) is 0 Å². The Labute approximate surface area is 142 Å². The van der Waals surface area contributed by atoms with Crippen molar-refractivity contribution < 1.29 is 14.3 Å². The molecule has 0 aliphatic carbocycles. The van der Waals surface area contributed by atoms with E-state index in [0.29, 0.717) is 13.1 Å². The van der Waals surface area contributed by atoms with Crippen LogP contribution in [0.4, 0.5) is 5.69 Å². The molecule has 0 bridgehead atoms. The first-order valence-electron chi connectivity index (χ1n) is 8.11. The lowest BCUT2D eigenvalue weighted by molar-refractivity contribution is -0.133. The van der Waals surface area contributed by atoms with Crippen LogP contribution in [0.15, 0.2) is 54.6 Å². The summed E-state index contributed by atoms with van der Waals surface area (Å²) in [6.45, 7) is 3.11.